The number of ether oxygens (including phenoxy) is 1. The lowest BCUT2D eigenvalue weighted by atomic mass is 10.1. The second-order valence-corrected chi connectivity index (χ2v) is 5.11. The topological polar surface area (TPSA) is 55.6 Å². The normalized spacial score (nSPS) is 19.1. The summed E-state index contributed by atoms with van der Waals surface area (Å²) in [5.41, 5.74) is 5.44. The predicted molar refractivity (Wildman–Crippen MR) is 73.3 cm³/mol. The van der Waals surface area contributed by atoms with Crippen LogP contribution in [-0.2, 0) is 9.53 Å². The van der Waals surface area contributed by atoms with Gasteiger partial charge >= 0.3 is 0 Å². The van der Waals surface area contributed by atoms with Crippen LogP contribution in [-0.4, -0.2) is 43.7 Å². The molecule has 1 rings (SSSR count). The molecule has 1 fully saturated rings. The highest BCUT2D eigenvalue weighted by Gasteiger charge is 2.20. The van der Waals surface area contributed by atoms with E-state index in [-0.39, 0.29) is 0 Å². The molecule has 0 aromatic heterocycles. The Labute approximate surface area is 111 Å². The molecule has 1 unspecified atom stereocenters. The summed E-state index contributed by atoms with van der Waals surface area (Å²) in [5.74, 6) is 0.850. The maximum absolute atomic E-state index is 12.1. The molecule has 2 N–H and O–H groups in total. The van der Waals surface area contributed by atoms with Gasteiger partial charge in [-0.1, -0.05) is 12.8 Å². The number of unbranched alkanes of at least 4 members (excludes halogenated alkanes) is 3. The lowest BCUT2D eigenvalue weighted by Gasteiger charge is -2.23. The number of nitrogens with zero attached hydrogens (tertiary/aromatic N) is 1. The largest absolute Gasteiger partial charge is 0.381 e. The first-order chi connectivity index (χ1) is 8.77. The summed E-state index contributed by atoms with van der Waals surface area (Å²) in [6, 6.07) is 0. The van der Waals surface area contributed by atoms with Crippen molar-refractivity contribution in [1.82, 2.24) is 4.90 Å². The van der Waals surface area contributed by atoms with E-state index in [9.17, 15) is 4.79 Å². The Morgan fingerprint density at radius 2 is 2.11 bits per heavy atom. The molecule has 1 saturated heterocycles. The zero-order chi connectivity index (χ0) is 13.2. The van der Waals surface area contributed by atoms with E-state index in [1.165, 1.54) is 0 Å². The lowest BCUT2D eigenvalue weighted by molar-refractivity contribution is -0.131. The van der Waals surface area contributed by atoms with Crippen LogP contribution in [0.5, 0.6) is 0 Å². The minimum Gasteiger partial charge on any atom is -0.381 e. The smallest absolute Gasteiger partial charge is 0.222 e. The van der Waals surface area contributed by atoms with Gasteiger partial charge in [0.05, 0.1) is 6.61 Å². The van der Waals surface area contributed by atoms with Gasteiger partial charge in [-0.25, -0.2) is 0 Å². The molecule has 1 aliphatic heterocycles. The van der Waals surface area contributed by atoms with Crippen molar-refractivity contribution in [2.75, 3.05) is 32.8 Å². The maximum Gasteiger partial charge on any atom is 0.222 e. The minimum absolute atomic E-state index is 0.303. The van der Waals surface area contributed by atoms with Crippen LogP contribution in [0.4, 0.5) is 0 Å². The summed E-state index contributed by atoms with van der Waals surface area (Å²) < 4.78 is 5.36. The molecule has 0 aromatic rings. The predicted octanol–water partition coefficient (Wildman–Crippen LogP) is 1.78. The van der Waals surface area contributed by atoms with Crippen LogP contribution < -0.4 is 5.73 Å². The number of carbonyl (C=O) groups is 1. The molecule has 1 amide bonds. The molecule has 18 heavy (non-hydrogen) atoms. The first-order valence-corrected chi connectivity index (χ1v) is 7.33. The molecule has 0 spiro atoms. The molecule has 1 aliphatic rings. The zero-order valence-corrected chi connectivity index (χ0v) is 11.7. The van der Waals surface area contributed by atoms with E-state index in [4.69, 9.17) is 10.5 Å². The van der Waals surface area contributed by atoms with Gasteiger partial charge in [0.15, 0.2) is 0 Å². The van der Waals surface area contributed by atoms with E-state index < -0.39 is 0 Å². The summed E-state index contributed by atoms with van der Waals surface area (Å²) in [6.45, 7) is 6.19. The van der Waals surface area contributed by atoms with Crippen molar-refractivity contribution in [3.05, 3.63) is 0 Å². The molecule has 0 aromatic carbocycles. The Kier molecular flexibility index (Phi) is 8.01. The summed E-state index contributed by atoms with van der Waals surface area (Å²) in [7, 11) is 0. The lowest BCUT2D eigenvalue weighted by Crippen LogP contribution is -2.35. The van der Waals surface area contributed by atoms with Crippen molar-refractivity contribution < 1.29 is 9.53 Å². The Hall–Kier alpha value is -0.610. The second kappa shape index (κ2) is 9.34. The SMILES string of the molecule is CCN(CC1CCOC1)C(=O)CCCCCCN. The molecular weight excluding hydrogens is 228 g/mol. The summed E-state index contributed by atoms with van der Waals surface area (Å²) >= 11 is 0. The molecule has 106 valence electrons. The monoisotopic (exact) mass is 256 g/mol. The van der Waals surface area contributed by atoms with E-state index in [0.29, 0.717) is 18.2 Å². The van der Waals surface area contributed by atoms with E-state index in [2.05, 4.69) is 6.92 Å². The highest BCUT2D eigenvalue weighted by atomic mass is 16.5. The van der Waals surface area contributed by atoms with E-state index in [0.717, 1.165) is 65.0 Å². The number of rotatable bonds is 9. The fourth-order valence-electron chi connectivity index (χ4n) is 2.38. The van der Waals surface area contributed by atoms with Gasteiger partial charge in [-0.15, -0.1) is 0 Å². The van der Waals surface area contributed by atoms with Crippen LogP contribution in [0.25, 0.3) is 0 Å². The van der Waals surface area contributed by atoms with Crippen molar-refractivity contribution in [2.45, 2.75) is 45.4 Å². The summed E-state index contributed by atoms with van der Waals surface area (Å²) in [6.07, 6.45) is 6.12. The van der Waals surface area contributed by atoms with Crippen LogP contribution >= 0.6 is 0 Å². The third-order valence-corrected chi connectivity index (χ3v) is 3.58. The average molecular weight is 256 g/mol. The Balaban J connectivity index is 2.15. The van der Waals surface area contributed by atoms with Gasteiger partial charge in [0.25, 0.3) is 0 Å². The fourth-order valence-corrected chi connectivity index (χ4v) is 2.38. The molecule has 0 aliphatic carbocycles. The van der Waals surface area contributed by atoms with Crippen molar-refractivity contribution in [1.29, 1.82) is 0 Å². The van der Waals surface area contributed by atoms with Crippen LogP contribution in [0.2, 0.25) is 0 Å². The summed E-state index contributed by atoms with van der Waals surface area (Å²) in [4.78, 5) is 14.0. The average Bonchev–Trinajstić information content (AvgIpc) is 2.88. The van der Waals surface area contributed by atoms with Crippen molar-refractivity contribution >= 4 is 5.91 Å². The highest BCUT2D eigenvalue weighted by Crippen LogP contribution is 2.15. The second-order valence-electron chi connectivity index (χ2n) is 5.11. The van der Waals surface area contributed by atoms with Gasteiger partial charge < -0.3 is 15.4 Å². The van der Waals surface area contributed by atoms with Gasteiger partial charge in [0.1, 0.15) is 0 Å². The third kappa shape index (κ3) is 5.83. The van der Waals surface area contributed by atoms with Crippen LogP contribution in [0, 0.1) is 5.92 Å². The molecule has 0 radical (unpaired) electrons. The Morgan fingerprint density at radius 3 is 2.72 bits per heavy atom. The molecular formula is C14H28N2O2. The van der Waals surface area contributed by atoms with Gasteiger partial charge in [0.2, 0.25) is 5.91 Å². The van der Waals surface area contributed by atoms with Crippen molar-refractivity contribution in [2.24, 2.45) is 11.7 Å². The molecule has 0 bridgehead atoms. The van der Waals surface area contributed by atoms with Crippen molar-refractivity contribution in [3.8, 4) is 0 Å². The first kappa shape index (κ1) is 15.4. The van der Waals surface area contributed by atoms with Gasteiger partial charge in [-0.2, -0.15) is 0 Å². The zero-order valence-electron chi connectivity index (χ0n) is 11.7. The van der Waals surface area contributed by atoms with Gasteiger partial charge in [-0.3, -0.25) is 4.79 Å². The number of carbonyl (C=O) groups excluding carboxylic acids is 1. The molecule has 4 nitrogen and oxygen atoms in total. The molecule has 4 heteroatoms. The maximum atomic E-state index is 12.1. The third-order valence-electron chi connectivity index (χ3n) is 3.58. The van der Waals surface area contributed by atoms with Gasteiger partial charge in [-0.05, 0) is 32.7 Å². The van der Waals surface area contributed by atoms with Crippen LogP contribution in [0.1, 0.15) is 45.4 Å². The molecule has 1 heterocycles. The number of amides is 1. The summed E-state index contributed by atoms with van der Waals surface area (Å²) in [5, 5.41) is 0. The van der Waals surface area contributed by atoms with E-state index >= 15 is 0 Å². The highest BCUT2D eigenvalue weighted by molar-refractivity contribution is 5.76. The Morgan fingerprint density at radius 1 is 1.33 bits per heavy atom. The Bertz CT molecular complexity index is 228. The van der Waals surface area contributed by atoms with Crippen LogP contribution in [0.3, 0.4) is 0 Å². The fraction of sp³-hybridized carbons (Fsp3) is 0.929. The van der Waals surface area contributed by atoms with E-state index in [1.54, 1.807) is 0 Å². The number of nitrogens with two attached hydrogens (primary N) is 1. The quantitative estimate of drug-likeness (QED) is 0.640. The first-order valence-electron chi connectivity index (χ1n) is 7.33. The molecule has 0 saturated carbocycles. The minimum atomic E-state index is 0.303. The van der Waals surface area contributed by atoms with E-state index in [1.807, 2.05) is 4.90 Å². The van der Waals surface area contributed by atoms with Crippen LogP contribution in [0.15, 0.2) is 0 Å². The number of hydrogen-bond acceptors (Lipinski definition) is 3. The van der Waals surface area contributed by atoms with Gasteiger partial charge in [0, 0.05) is 32.0 Å². The number of hydrogen-bond donors (Lipinski definition) is 1. The standard InChI is InChI=1S/C14H28N2O2/c1-2-16(11-13-8-10-18-12-13)14(17)7-5-3-4-6-9-15/h13H,2-12,15H2,1H3. The molecule has 1 atom stereocenters. The van der Waals surface area contributed by atoms with Crippen molar-refractivity contribution in [3.63, 3.8) is 0 Å².